The van der Waals surface area contributed by atoms with Gasteiger partial charge in [0.15, 0.2) is 0 Å². The van der Waals surface area contributed by atoms with E-state index in [2.05, 4.69) is 43.4 Å². The Morgan fingerprint density at radius 2 is 1.83 bits per heavy atom. The third-order valence-electron chi connectivity index (χ3n) is 3.14. The average Bonchev–Trinajstić information content (AvgIpc) is 2.38. The van der Waals surface area contributed by atoms with Gasteiger partial charge in [-0.1, -0.05) is 44.5 Å². The smallest absolute Gasteiger partial charge is 0.0717 e. The lowest BCUT2D eigenvalue weighted by molar-refractivity contribution is 0.0893. The van der Waals surface area contributed by atoms with Crippen LogP contribution in [0.1, 0.15) is 37.8 Å². The molecule has 0 amide bonds. The Morgan fingerprint density at radius 3 is 2.44 bits per heavy atom. The molecule has 1 aromatic carbocycles. The summed E-state index contributed by atoms with van der Waals surface area (Å²) in [4.78, 5) is 0. The van der Waals surface area contributed by atoms with Crippen molar-refractivity contribution in [2.24, 2.45) is 5.92 Å². The summed E-state index contributed by atoms with van der Waals surface area (Å²) in [5.41, 5.74) is 2.65. The maximum absolute atomic E-state index is 5.74. The summed E-state index contributed by atoms with van der Waals surface area (Å²) in [5, 5.41) is 3.16. The second-order valence-corrected chi connectivity index (χ2v) is 5.08. The lowest BCUT2D eigenvalue weighted by Gasteiger charge is -2.11. The number of ether oxygens (including phenoxy) is 1. The van der Waals surface area contributed by atoms with Gasteiger partial charge in [-0.2, -0.15) is 0 Å². The second-order valence-electron chi connectivity index (χ2n) is 5.08. The summed E-state index contributed by atoms with van der Waals surface area (Å²) in [6, 6.07) is 8.75. The molecule has 0 aromatic heterocycles. The van der Waals surface area contributed by atoms with Gasteiger partial charge < -0.3 is 10.1 Å². The third kappa shape index (κ3) is 6.18. The fourth-order valence-corrected chi connectivity index (χ4v) is 2.03. The van der Waals surface area contributed by atoms with Crippen molar-refractivity contribution >= 4 is 0 Å². The molecule has 0 aliphatic rings. The van der Waals surface area contributed by atoms with Gasteiger partial charge in [0, 0.05) is 6.61 Å². The predicted octanol–water partition coefficient (Wildman–Crippen LogP) is 3.40. The number of rotatable bonds is 9. The van der Waals surface area contributed by atoms with Gasteiger partial charge >= 0.3 is 0 Å². The minimum atomic E-state index is 0.671. The van der Waals surface area contributed by atoms with Crippen LogP contribution in [-0.4, -0.2) is 20.2 Å². The lowest BCUT2D eigenvalue weighted by atomic mass is 10.1. The van der Waals surface area contributed by atoms with Crippen molar-refractivity contribution in [3.63, 3.8) is 0 Å². The van der Waals surface area contributed by atoms with Crippen molar-refractivity contribution in [2.45, 2.75) is 39.7 Å². The fraction of sp³-hybridized carbons (Fsp3) is 0.625. The normalized spacial score (nSPS) is 12.6. The monoisotopic (exact) mass is 249 g/mol. The molecule has 1 N–H and O–H groups in total. The molecule has 102 valence electrons. The van der Waals surface area contributed by atoms with Crippen LogP contribution in [0, 0.1) is 5.92 Å². The molecule has 0 aliphatic heterocycles. The molecule has 0 radical (unpaired) electrons. The largest absolute Gasteiger partial charge is 0.376 e. The first-order chi connectivity index (χ1) is 8.76. The van der Waals surface area contributed by atoms with Gasteiger partial charge in [0.25, 0.3) is 0 Å². The van der Waals surface area contributed by atoms with Gasteiger partial charge in [-0.15, -0.1) is 0 Å². The molecule has 2 nitrogen and oxygen atoms in total. The highest BCUT2D eigenvalue weighted by Gasteiger charge is 2.01. The highest BCUT2D eigenvalue weighted by molar-refractivity contribution is 5.22. The molecule has 1 aromatic rings. The fourth-order valence-electron chi connectivity index (χ4n) is 2.03. The van der Waals surface area contributed by atoms with E-state index in [0.717, 1.165) is 26.2 Å². The lowest BCUT2D eigenvalue weighted by Crippen LogP contribution is -2.10. The van der Waals surface area contributed by atoms with E-state index in [9.17, 15) is 0 Å². The van der Waals surface area contributed by atoms with Gasteiger partial charge in [-0.3, -0.25) is 0 Å². The summed E-state index contributed by atoms with van der Waals surface area (Å²) in [6.07, 6.45) is 3.58. The first-order valence-corrected chi connectivity index (χ1v) is 7.06. The molecule has 0 heterocycles. The van der Waals surface area contributed by atoms with E-state index in [1.165, 1.54) is 24.0 Å². The number of benzene rings is 1. The van der Waals surface area contributed by atoms with Crippen LogP contribution in [0.25, 0.3) is 0 Å². The molecule has 0 saturated carbocycles. The molecule has 0 bridgehead atoms. The van der Waals surface area contributed by atoms with Crippen molar-refractivity contribution in [1.82, 2.24) is 5.32 Å². The van der Waals surface area contributed by atoms with Crippen LogP contribution in [-0.2, 0) is 17.8 Å². The molecule has 2 heteroatoms. The molecule has 0 saturated heterocycles. The van der Waals surface area contributed by atoms with Crippen molar-refractivity contribution in [3.8, 4) is 0 Å². The van der Waals surface area contributed by atoms with E-state index < -0.39 is 0 Å². The molecular formula is C16H27NO. The molecule has 0 spiro atoms. The first-order valence-electron chi connectivity index (χ1n) is 7.06. The standard InChI is InChI=1S/C16H27NO/c1-4-5-14(2)12-18-13-16-8-6-15(7-9-16)10-11-17-3/h6-9,14,17H,4-5,10-13H2,1-3H3. The summed E-state index contributed by atoms with van der Waals surface area (Å²) >= 11 is 0. The molecular weight excluding hydrogens is 222 g/mol. The first kappa shape index (κ1) is 15.2. The van der Waals surface area contributed by atoms with Gasteiger partial charge in [0.2, 0.25) is 0 Å². The minimum absolute atomic E-state index is 0.671. The van der Waals surface area contributed by atoms with Crippen molar-refractivity contribution in [2.75, 3.05) is 20.2 Å². The zero-order chi connectivity index (χ0) is 13.2. The van der Waals surface area contributed by atoms with Crippen LogP contribution in [0.5, 0.6) is 0 Å². The van der Waals surface area contributed by atoms with Crippen LogP contribution >= 0.6 is 0 Å². The zero-order valence-corrected chi connectivity index (χ0v) is 12.0. The summed E-state index contributed by atoms with van der Waals surface area (Å²) < 4.78 is 5.74. The van der Waals surface area contributed by atoms with Crippen LogP contribution < -0.4 is 5.32 Å². The summed E-state index contributed by atoms with van der Waals surface area (Å²) in [5.74, 6) is 0.671. The number of hydrogen-bond donors (Lipinski definition) is 1. The average molecular weight is 249 g/mol. The molecule has 0 fully saturated rings. The maximum atomic E-state index is 5.74. The SMILES string of the molecule is CCCC(C)COCc1ccc(CCNC)cc1. The summed E-state index contributed by atoms with van der Waals surface area (Å²) in [6.45, 7) is 7.12. The van der Waals surface area contributed by atoms with E-state index in [4.69, 9.17) is 4.74 Å². The summed E-state index contributed by atoms with van der Waals surface area (Å²) in [7, 11) is 1.99. The Labute approximate surface area is 112 Å². The highest BCUT2D eigenvalue weighted by Crippen LogP contribution is 2.09. The van der Waals surface area contributed by atoms with Crippen LogP contribution in [0.3, 0.4) is 0 Å². The van der Waals surface area contributed by atoms with Crippen LogP contribution in [0.4, 0.5) is 0 Å². The quantitative estimate of drug-likeness (QED) is 0.724. The number of likely N-dealkylation sites (N-methyl/N-ethyl adjacent to an activating group) is 1. The zero-order valence-electron chi connectivity index (χ0n) is 12.0. The van der Waals surface area contributed by atoms with E-state index in [-0.39, 0.29) is 0 Å². The topological polar surface area (TPSA) is 21.3 Å². The number of hydrogen-bond acceptors (Lipinski definition) is 2. The Bertz CT molecular complexity index is 307. The van der Waals surface area contributed by atoms with Gasteiger partial charge in [-0.25, -0.2) is 0 Å². The highest BCUT2D eigenvalue weighted by atomic mass is 16.5. The Hall–Kier alpha value is -0.860. The van der Waals surface area contributed by atoms with E-state index in [1.54, 1.807) is 0 Å². The Kier molecular flexibility index (Phi) is 7.70. The van der Waals surface area contributed by atoms with Gasteiger partial charge in [-0.05, 0) is 43.5 Å². The van der Waals surface area contributed by atoms with Crippen molar-refractivity contribution in [3.05, 3.63) is 35.4 Å². The van der Waals surface area contributed by atoms with Crippen LogP contribution in [0.2, 0.25) is 0 Å². The molecule has 1 unspecified atom stereocenters. The van der Waals surface area contributed by atoms with Gasteiger partial charge in [0.05, 0.1) is 6.61 Å². The van der Waals surface area contributed by atoms with Gasteiger partial charge in [0.1, 0.15) is 0 Å². The minimum Gasteiger partial charge on any atom is -0.376 e. The second kappa shape index (κ2) is 9.12. The maximum Gasteiger partial charge on any atom is 0.0717 e. The molecule has 18 heavy (non-hydrogen) atoms. The van der Waals surface area contributed by atoms with Crippen LogP contribution in [0.15, 0.2) is 24.3 Å². The molecule has 0 aliphatic carbocycles. The van der Waals surface area contributed by atoms with E-state index >= 15 is 0 Å². The van der Waals surface area contributed by atoms with Crippen molar-refractivity contribution in [1.29, 1.82) is 0 Å². The van der Waals surface area contributed by atoms with E-state index in [1.807, 2.05) is 7.05 Å². The number of nitrogens with one attached hydrogen (secondary N) is 1. The molecule has 1 atom stereocenters. The predicted molar refractivity (Wildman–Crippen MR) is 77.8 cm³/mol. The van der Waals surface area contributed by atoms with E-state index in [0.29, 0.717) is 5.92 Å². The van der Waals surface area contributed by atoms with Crippen molar-refractivity contribution < 1.29 is 4.74 Å². The molecule has 1 rings (SSSR count). The third-order valence-corrected chi connectivity index (χ3v) is 3.14. The Morgan fingerprint density at radius 1 is 1.17 bits per heavy atom. The Balaban J connectivity index is 2.26.